The molecule has 0 spiro atoms. The minimum absolute atomic E-state index is 0.116. The zero-order chi connectivity index (χ0) is 29.1. The Labute approximate surface area is 241 Å². The number of nitrogens with one attached hydrogen (secondary N) is 1. The van der Waals surface area contributed by atoms with E-state index in [4.69, 9.17) is 21.7 Å². The van der Waals surface area contributed by atoms with E-state index < -0.39 is 12.0 Å². The number of aromatic nitrogens is 1. The van der Waals surface area contributed by atoms with Crippen LogP contribution in [-0.4, -0.2) is 39.2 Å². The van der Waals surface area contributed by atoms with Crippen LogP contribution in [0.5, 0.6) is 5.75 Å². The lowest BCUT2D eigenvalue weighted by molar-refractivity contribution is -0.139. The Morgan fingerprint density at radius 2 is 1.75 bits per heavy atom. The topological polar surface area (TPSA) is 72.8 Å². The number of carbonyl (C=O) groups excluding carboxylic acids is 2. The number of fused-ring (bicyclic) bond motifs is 1. The van der Waals surface area contributed by atoms with Gasteiger partial charge in [0.15, 0.2) is 5.11 Å². The number of ether oxygens (including phenoxy) is 2. The molecule has 4 rings (SSSR count). The summed E-state index contributed by atoms with van der Waals surface area (Å²) >= 11 is 5.73. The number of rotatable bonds is 8. The van der Waals surface area contributed by atoms with E-state index in [0.29, 0.717) is 28.2 Å². The van der Waals surface area contributed by atoms with Gasteiger partial charge in [-0.3, -0.25) is 9.69 Å². The van der Waals surface area contributed by atoms with Crippen molar-refractivity contribution in [1.29, 1.82) is 0 Å². The van der Waals surface area contributed by atoms with Crippen molar-refractivity contribution in [2.24, 2.45) is 0 Å². The zero-order valence-corrected chi connectivity index (χ0v) is 25.0. The van der Waals surface area contributed by atoms with Crippen molar-refractivity contribution in [3.05, 3.63) is 82.7 Å². The molecule has 0 radical (unpaired) electrons. The molecule has 3 aromatic rings. The number of carbonyl (C=O) groups is 2. The van der Waals surface area contributed by atoms with Gasteiger partial charge in [-0.25, -0.2) is 4.79 Å². The summed E-state index contributed by atoms with van der Waals surface area (Å²) in [6, 6.07) is 15.0. The standard InChI is InChI=1S/C32H37N3O4S/c1-8-38-31(37)28-22(7)33-32(40)35(29(28)25-14-10-12-16-27(25)39-20(4)5)30(36)21(6)17-23-18-34(19(2)3)26-15-11-9-13-24(23)26/h9-20,29H,8H2,1-7H3,(H,33,40)/b21-17+. The predicted molar refractivity (Wildman–Crippen MR) is 163 cm³/mol. The predicted octanol–water partition coefficient (Wildman–Crippen LogP) is 6.71. The van der Waals surface area contributed by atoms with Gasteiger partial charge >= 0.3 is 5.97 Å². The summed E-state index contributed by atoms with van der Waals surface area (Å²) in [5.41, 5.74) is 4.01. The molecule has 1 atom stereocenters. The van der Waals surface area contributed by atoms with Crippen molar-refractivity contribution in [2.75, 3.05) is 6.61 Å². The van der Waals surface area contributed by atoms with E-state index in [1.807, 2.05) is 56.3 Å². The third-order valence-electron chi connectivity index (χ3n) is 6.78. The second-order valence-corrected chi connectivity index (χ2v) is 10.8. The van der Waals surface area contributed by atoms with E-state index in [1.54, 1.807) is 20.8 Å². The van der Waals surface area contributed by atoms with Gasteiger partial charge in [-0.05, 0) is 78.9 Å². The van der Waals surface area contributed by atoms with Gasteiger partial charge in [-0.2, -0.15) is 0 Å². The Kier molecular flexibility index (Phi) is 8.79. The van der Waals surface area contributed by atoms with Crippen LogP contribution in [0.3, 0.4) is 0 Å². The monoisotopic (exact) mass is 559 g/mol. The smallest absolute Gasteiger partial charge is 0.338 e. The molecule has 0 aliphatic carbocycles. The first-order valence-corrected chi connectivity index (χ1v) is 14.0. The molecule has 1 aromatic heterocycles. The number of benzene rings is 2. The maximum atomic E-state index is 14.2. The Bertz CT molecular complexity index is 1520. The summed E-state index contributed by atoms with van der Waals surface area (Å²) in [6.07, 6.45) is 3.83. The molecule has 7 nitrogen and oxygen atoms in total. The highest BCUT2D eigenvalue weighted by Gasteiger charge is 2.41. The van der Waals surface area contributed by atoms with E-state index >= 15 is 0 Å². The summed E-state index contributed by atoms with van der Waals surface area (Å²) in [6.45, 7) is 13.6. The molecular weight excluding hydrogens is 522 g/mol. The lowest BCUT2D eigenvalue weighted by Crippen LogP contribution is -2.51. The number of allylic oxidation sites excluding steroid dienone is 1. The molecule has 1 unspecified atom stereocenters. The van der Waals surface area contributed by atoms with Crippen LogP contribution in [0.4, 0.5) is 0 Å². The highest BCUT2D eigenvalue weighted by Crippen LogP contribution is 2.40. The zero-order valence-electron chi connectivity index (χ0n) is 24.1. The Hall–Kier alpha value is -3.91. The molecule has 1 aliphatic heterocycles. The van der Waals surface area contributed by atoms with Gasteiger partial charge in [-0.1, -0.05) is 36.4 Å². The Morgan fingerprint density at radius 1 is 1.07 bits per heavy atom. The molecular formula is C32H37N3O4S. The molecule has 8 heteroatoms. The van der Waals surface area contributed by atoms with E-state index in [-0.39, 0.29) is 29.8 Å². The van der Waals surface area contributed by atoms with Crippen LogP contribution >= 0.6 is 12.2 Å². The first-order valence-electron chi connectivity index (χ1n) is 13.6. The van der Waals surface area contributed by atoms with Crippen molar-refractivity contribution < 1.29 is 19.1 Å². The molecule has 40 heavy (non-hydrogen) atoms. The fourth-order valence-electron chi connectivity index (χ4n) is 5.04. The van der Waals surface area contributed by atoms with Crippen molar-refractivity contribution in [2.45, 2.75) is 66.7 Å². The highest BCUT2D eigenvalue weighted by molar-refractivity contribution is 7.80. The number of nitrogens with zero attached hydrogens (tertiary/aromatic N) is 2. The van der Waals surface area contributed by atoms with Crippen molar-refractivity contribution in [1.82, 2.24) is 14.8 Å². The van der Waals surface area contributed by atoms with Gasteiger partial charge in [-0.15, -0.1) is 0 Å². The summed E-state index contributed by atoms with van der Waals surface area (Å²) < 4.78 is 13.8. The molecule has 0 fully saturated rings. The lowest BCUT2D eigenvalue weighted by atomic mass is 9.92. The van der Waals surface area contributed by atoms with E-state index in [9.17, 15) is 9.59 Å². The van der Waals surface area contributed by atoms with Crippen LogP contribution in [0.1, 0.15) is 71.7 Å². The molecule has 1 amide bonds. The van der Waals surface area contributed by atoms with Crippen molar-refractivity contribution >= 4 is 46.2 Å². The van der Waals surface area contributed by atoms with Crippen LogP contribution in [0, 0.1) is 0 Å². The van der Waals surface area contributed by atoms with Gasteiger partial charge in [0.05, 0.1) is 18.3 Å². The van der Waals surface area contributed by atoms with Crippen molar-refractivity contribution in [3.8, 4) is 5.75 Å². The fraction of sp³-hybridized carbons (Fsp3) is 0.344. The molecule has 0 saturated carbocycles. The number of hydrogen-bond donors (Lipinski definition) is 1. The first kappa shape index (κ1) is 29.1. The number of amides is 1. The molecule has 1 N–H and O–H groups in total. The SMILES string of the molecule is CCOC(=O)C1=C(C)NC(=S)N(C(=O)/C(C)=C/c2cn(C(C)C)c3ccccc23)C1c1ccccc1OC(C)C. The summed E-state index contributed by atoms with van der Waals surface area (Å²) in [5.74, 6) is -0.266. The number of esters is 1. The molecule has 0 bridgehead atoms. The summed E-state index contributed by atoms with van der Waals surface area (Å²) in [4.78, 5) is 29.0. The van der Waals surface area contributed by atoms with Gasteiger partial charge in [0.1, 0.15) is 11.8 Å². The average Bonchev–Trinajstić information content (AvgIpc) is 3.26. The minimum Gasteiger partial charge on any atom is -0.491 e. The molecule has 2 heterocycles. The maximum Gasteiger partial charge on any atom is 0.338 e. The number of hydrogen-bond acceptors (Lipinski definition) is 5. The molecule has 0 saturated heterocycles. The van der Waals surface area contributed by atoms with Gasteiger partial charge in [0.2, 0.25) is 0 Å². The fourth-order valence-corrected chi connectivity index (χ4v) is 5.39. The second kappa shape index (κ2) is 12.1. The molecule has 210 valence electrons. The first-order chi connectivity index (χ1) is 19.0. The Morgan fingerprint density at radius 3 is 2.42 bits per heavy atom. The minimum atomic E-state index is -0.837. The van der Waals surface area contributed by atoms with Gasteiger partial charge < -0.3 is 19.4 Å². The van der Waals surface area contributed by atoms with E-state index in [1.165, 1.54) is 4.90 Å². The number of para-hydroxylation sites is 2. The number of thiocarbonyl (C=S) groups is 1. The summed E-state index contributed by atoms with van der Waals surface area (Å²) in [7, 11) is 0. The largest absolute Gasteiger partial charge is 0.491 e. The Balaban J connectivity index is 1.86. The van der Waals surface area contributed by atoms with Crippen LogP contribution in [-0.2, 0) is 14.3 Å². The van der Waals surface area contributed by atoms with E-state index in [0.717, 1.165) is 16.5 Å². The van der Waals surface area contributed by atoms with Crippen LogP contribution in [0.2, 0.25) is 0 Å². The quantitative estimate of drug-likeness (QED) is 0.188. The molecule has 1 aliphatic rings. The van der Waals surface area contributed by atoms with Crippen LogP contribution < -0.4 is 10.1 Å². The third-order valence-corrected chi connectivity index (χ3v) is 7.08. The average molecular weight is 560 g/mol. The van der Waals surface area contributed by atoms with Crippen molar-refractivity contribution in [3.63, 3.8) is 0 Å². The summed E-state index contributed by atoms with van der Waals surface area (Å²) in [5, 5.41) is 4.33. The normalized spacial score (nSPS) is 16.1. The lowest BCUT2D eigenvalue weighted by Gasteiger charge is -2.39. The van der Waals surface area contributed by atoms with Gasteiger partial charge in [0.25, 0.3) is 5.91 Å². The second-order valence-electron chi connectivity index (χ2n) is 10.4. The van der Waals surface area contributed by atoms with Gasteiger partial charge in [0, 0.05) is 45.5 Å². The van der Waals surface area contributed by atoms with E-state index in [2.05, 4.69) is 42.1 Å². The van der Waals surface area contributed by atoms with Crippen LogP contribution in [0.25, 0.3) is 17.0 Å². The van der Waals surface area contributed by atoms with Crippen LogP contribution in [0.15, 0.2) is 71.6 Å². The third kappa shape index (κ3) is 5.68. The molecule has 2 aromatic carbocycles. The maximum absolute atomic E-state index is 14.2. The highest BCUT2D eigenvalue weighted by atomic mass is 32.1.